The van der Waals surface area contributed by atoms with Gasteiger partial charge < -0.3 is 25.8 Å². The van der Waals surface area contributed by atoms with E-state index in [0.717, 1.165) is 44.5 Å². The average molecular weight is 1080 g/mol. The van der Waals surface area contributed by atoms with Gasteiger partial charge in [0.15, 0.2) is 5.37 Å². The summed E-state index contributed by atoms with van der Waals surface area (Å²) in [4.78, 5) is 59.7. The van der Waals surface area contributed by atoms with Crippen LogP contribution >= 0.6 is 23.5 Å². The van der Waals surface area contributed by atoms with Crippen LogP contribution in [0.3, 0.4) is 0 Å². The number of carbonyl (C=O) groups is 4. The second-order valence-electron chi connectivity index (χ2n) is 20.0. The normalized spacial score (nSPS) is 19.7. The summed E-state index contributed by atoms with van der Waals surface area (Å²) < 4.78 is 4.63. The van der Waals surface area contributed by atoms with Gasteiger partial charge >= 0.3 is 5.97 Å². The fourth-order valence-electron chi connectivity index (χ4n) is 10.4. The Hall–Kier alpha value is -7.96. The largest absolute Gasteiger partial charge is 0.454 e. The Morgan fingerprint density at radius 1 is 0.519 bits per heavy atom. The first-order valence-corrected chi connectivity index (χ1v) is 28.6. The lowest BCUT2D eigenvalue weighted by Crippen LogP contribution is -2.57. The number of thioether (sulfide) groups is 2. The molecule has 0 aliphatic carbocycles. The Kier molecular flexibility index (Phi) is 18.8. The second-order valence-corrected chi connectivity index (χ2v) is 22.6. The summed E-state index contributed by atoms with van der Waals surface area (Å²) >= 11 is 3.03. The molecule has 400 valence electrons. The number of allylic oxidation sites excluding steroid dienone is 1. The monoisotopic (exact) mass is 1080 g/mol. The van der Waals surface area contributed by atoms with Crippen molar-refractivity contribution in [3.05, 3.63) is 299 Å². The molecule has 11 heteroatoms. The number of carbonyl (C=O) groups excluding carboxylic acids is 4. The van der Waals surface area contributed by atoms with E-state index in [4.69, 9.17) is 4.74 Å². The van der Waals surface area contributed by atoms with Crippen molar-refractivity contribution in [1.82, 2.24) is 16.0 Å². The number of hydrogen-bond donors (Lipinski definition) is 4. The number of aliphatic hydroxyl groups excluding tert-OH is 1. The topological polar surface area (TPSA) is 134 Å². The van der Waals surface area contributed by atoms with Crippen LogP contribution in [0.25, 0.3) is 0 Å². The van der Waals surface area contributed by atoms with Crippen LogP contribution in [0.2, 0.25) is 0 Å². The summed E-state index contributed by atoms with van der Waals surface area (Å²) in [6.07, 6.45) is 2.14. The molecule has 1 saturated heterocycles. The van der Waals surface area contributed by atoms with Gasteiger partial charge in [-0.3, -0.25) is 19.2 Å². The quantitative estimate of drug-likeness (QED) is 0.0307. The molecule has 0 radical (unpaired) electrons. The van der Waals surface area contributed by atoms with Crippen LogP contribution in [-0.4, -0.2) is 63.7 Å². The van der Waals surface area contributed by atoms with Crippen molar-refractivity contribution in [2.24, 2.45) is 0 Å². The number of ether oxygens (including phenoxy) is 1. The fraction of sp³-hybridized carbons (Fsp3) is 0.206. The first-order valence-electron chi connectivity index (χ1n) is 26.8. The molecule has 8 aromatic carbocycles. The maximum Gasteiger partial charge on any atom is 0.309 e. The molecule has 1 fully saturated rings. The fourth-order valence-corrected chi connectivity index (χ4v) is 13.4. The molecular weight excluding hydrogens is 1020 g/mol. The van der Waals surface area contributed by atoms with Crippen LogP contribution in [0.15, 0.2) is 255 Å². The highest BCUT2D eigenvalue weighted by Crippen LogP contribution is 2.51. The van der Waals surface area contributed by atoms with Crippen molar-refractivity contribution < 1.29 is 29.0 Å². The number of nitrogens with one attached hydrogen (secondary N) is 3. The van der Waals surface area contributed by atoms with Crippen molar-refractivity contribution in [1.29, 1.82) is 0 Å². The first-order chi connectivity index (χ1) is 38.5. The summed E-state index contributed by atoms with van der Waals surface area (Å²) in [7, 11) is 0. The van der Waals surface area contributed by atoms with Gasteiger partial charge in [0.1, 0.15) is 11.6 Å². The van der Waals surface area contributed by atoms with Gasteiger partial charge in [0.25, 0.3) is 5.91 Å². The second kappa shape index (κ2) is 26.6. The Labute approximate surface area is 472 Å². The third kappa shape index (κ3) is 13.8. The molecule has 79 heavy (non-hydrogen) atoms. The predicted octanol–water partition coefficient (Wildman–Crippen LogP) is 11.7. The highest BCUT2D eigenvalue weighted by Gasteiger charge is 2.44. The summed E-state index contributed by atoms with van der Waals surface area (Å²) in [6, 6.07) is 77.3. The zero-order chi connectivity index (χ0) is 54.9. The zero-order valence-corrected chi connectivity index (χ0v) is 45.7. The van der Waals surface area contributed by atoms with Gasteiger partial charge in [-0.2, -0.15) is 0 Å². The lowest BCUT2D eigenvalue weighted by Gasteiger charge is -2.38. The molecule has 3 amide bonds. The van der Waals surface area contributed by atoms with Crippen LogP contribution in [0, 0.1) is 0 Å². The minimum Gasteiger partial charge on any atom is -0.454 e. The summed E-state index contributed by atoms with van der Waals surface area (Å²) in [5.41, 5.74) is 5.99. The van der Waals surface area contributed by atoms with Crippen LogP contribution in [0.1, 0.15) is 70.7 Å². The maximum absolute atomic E-state index is 15.4. The third-order valence-corrected chi connectivity index (χ3v) is 17.4. The van der Waals surface area contributed by atoms with Crippen molar-refractivity contribution in [3.8, 4) is 0 Å². The Bertz CT molecular complexity index is 3060. The van der Waals surface area contributed by atoms with E-state index in [0.29, 0.717) is 12.2 Å². The minimum absolute atomic E-state index is 0.0868. The van der Waals surface area contributed by atoms with Crippen LogP contribution in [-0.2, 0) is 46.3 Å². The number of cyclic esters (lactones) is 1. The van der Waals surface area contributed by atoms with Crippen LogP contribution in [0.5, 0.6) is 0 Å². The Morgan fingerprint density at radius 2 is 0.911 bits per heavy atom. The lowest BCUT2D eigenvalue weighted by molar-refractivity contribution is -0.158. The van der Waals surface area contributed by atoms with E-state index in [1.54, 1.807) is 24.8 Å². The predicted molar refractivity (Wildman–Crippen MR) is 318 cm³/mol. The summed E-state index contributed by atoms with van der Waals surface area (Å²) in [5.74, 6) is -1.89. The molecule has 0 spiro atoms. The molecule has 8 aromatic rings. The molecule has 0 unspecified atom stereocenters. The highest BCUT2D eigenvalue weighted by molar-refractivity contribution is 8.02. The molecule has 9 rings (SSSR count). The molecule has 0 bridgehead atoms. The summed E-state index contributed by atoms with van der Waals surface area (Å²) in [6.45, 7) is 1.67. The molecule has 0 aromatic heterocycles. The minimum atomic E-state index is -1.52. The zero-order valence-electron chi connectivity index (χ0n) is 44.1. The molecule has 1 heterocycles. The highest BCUT2D eigenvalue weighted by atomic mass is 32.2. The Morgan fingerprint density at radius 3 is 1.34 bits per heavy atom. The molecule has 4 N–H and O–H groups in total. The van der Waals surface area contributed by atoms with Crippen LogP contribution in [0.4, 0.5) is 0 Å². The number of amides is 3. The number of esters is 1. The van der Waals surface area contributed by atoms with Crippen molar-refractivity contribution >= 4 is 47.2 Å². The van der Waals surface area contributed by atoms with E-state index in [2.05, 4.69) is 88.7 Å². The van der Waals surface area contributed by atoms with Gasteiger partial charge in [-0.05, 0) is 76.1 Å². The van der Waals surface area contributed by atoms with E-state index in [-0.39, 0.29) is 19.3 Å². The lowest BCUT2D eigenvalue weighted by atomic mass is 9.84. The number of benzene rings is 8. The SMILES string of the molecule is C[C@@]1(/C=C/CCSC(c2ccccc2)(c2ccccc2)c2ccccc2)CC(=O)N[C@H](Cc2ccccc2)C(=O)N[C@@H](SC(c2ccccc2)(c2ccccc2)c2ccccc2)C(=O)N[C@H](Cc2ccccc2)[C@@H](O)CC(=O)O1. The van der Waals surface area contributed by atoms with E-state index in [1.165, 1.54) is 11.8 Å². The average Bonchev–Trinajstić information content (AvgIpc) is 3.49. The molecular formula is C68H65N3O6S2. The van der Waals surface area contributed by atoms with E-state index >= 15 is 9.59 Å². The maximum atomic E-state index is 15.4. The molecule has 1 aliphatic heterocycles. The van der Waals surface area contributed by atoms with Crippen molar-refractivity contribution in [2.75, 3.05) is 5.75 Å². The number of hydrogen-bond acceptors (Lipinski definition) is 8. The third-order valence-electron chi connectivity index (χ3n) is 14.2. The van der Waals surface area contributed by atoms with Crippen molar-refractivity contribution in [3.63, 3.8) is 0 Å². The Balaban J connectivity index is 1.07. The van der Waals surface area contributed by atoms with E-state index in [1.807, 2.05) is 176 Å². The van der Waals surface area contributed by atoms with Gasteiger partial charge in [-0.25, -0.2) is 0 Å². The molecule has 5 atom stereocenters. The van der Waals surface area contributed by atoms with Gasteiger partial charge in [0.05, 0.1) is 34.5 Å². The smallest absolute Gasteiger partial charge is 0.309 e. The van der Waals surface area contributed by atoms with E-state index in [9.17, 15) is 14.7 Å². The number of rotatable bonds is 17. The van der Waals surface area contributed by atoms with Crippen molar-refractivity contribution in [2.45, 2.75) is 77.7 Å². The standard InChI is InChI=1S/C68H65N3O6S2/c1-66(44-26-27-45-78-67(52-32-14-4-15-33-52,53-34-16-5-17-35-53)54-36-18-6-19-37-54)49-61(73)69-59(47-51-30-12-3-13-31-51)63(75)71-65(64(76)70-58(60(72)48-62(74)77-66)46-50-28-10-2-11-29-50)79-68(55-38-20-7-21-39-55,56-40-22-8-23-41-56)57-42-24-9-25-43-57/h2-26,28-44,58-60,65,72H,27,45-49H2,1H3,(H,69,73)(H,70,76)(H,71,75)/b44-26+/t58-,59-,60+,65+,66-/m1/s1. The molecule has 0 saturated carbocycles. The van der Waals surface area contributed by atoms with Gasteiger partial charge in [0.2, 0.25) is 11.8 Å². The summed E-state index contributed by atoms with van der Waals surface area (Å²) in [5, 5.41) is 20.1. The molecule has 9 nitrogen and oxygen atoms in total. The van der Waals surface area contributed by atoms with E-state index < -0.39 is 68.8 Å². The number of aliphatic hydroxyl groups is 1. The molecule has 1 aliphatic rings. The van der Waals surface area contributed by atoms with Gasteiger partial charge in [-0.1, -0.05) is 249 Å². The van der Waals surface area contributed by atoms with Gasteiger partial charge in [0, 0.05) is 6.42 Å². The first kappa shape index (κ1) is 55.8. The van der Waals surface area contributed by atoms with Gasteiger partial charge in [-0.15, -0.1) is 23.5 Å². The van der Waals surface area contributed by atoms with Crippen LogP contribution < -0.4 is 16.0 Å².